The van der Waals surface area contributed by atoms with Crippen LogP contribution in [0.1, 0.15) is 31.1 Å². The van der Waals surface area contributed by atoms with E-state index >= 15 is 0 Å². The van der Waals surface area contributed by atoms with Crippen molar-refractivity contribution in [2.24, 2.45) is 0 Å². The van der Waals surface area contributed by atoms with Crippen molar-refractivity contribution in [2.45, 2.75) is 25.6 Å². The fourth-order valence-corrected chi connectivity index (χ4v) is 2.88. The zero-order chi connectivity index (χ0) is 15.0. The number of hydroxylamine groups is 3. The number of hydrogen-bond acceptors (Lipinski definition) is 3. The molecule has 0 aliphatic carbocycles. The SMILES string of the molecule is CC1(C)C(c2ccccc2)=[N+]([O-])[C@@H](c2ccccc2)N1O. The summed E-state index contributed by atoms with van der Waals surface area (Å²) in [6, 6.07) is 18.8. The molecule has 0 saturated heterocycles. The van der Waals surface area contributed by atoms with E-state index in [4.69, 9.17) is 0 Å². The zero-order valence-electron chi connectivity index (χ0n) is 12.1. The lowest BCUT2D eigenvalue weighted by atomic mass is 9.93. The van der Waals surface area contributed by atoms with Crippen LogP contribution in [0.4, 0.5) is 0 Å². The number of hydrogen-bond donors (Lipinski definition) is 1. The molecule has 0 spiro atoms. The smallest absolute Gasteiger partial charge is 0.268 e. The standard InChI is InChI=1S/C17H18N2O2/c1-17(2)15(13-9-5-3-6-10-13)18(20)16(19(17)21)14-11-7-4-8-12-14/h3-12,16,21H,1-2H3/t16-/m1/s1. The van der Waals surface area contributed by atoms with E-state index in [0.29, 0.717) is 5.71 Å². The molecule has 0 unspecified atom stereocenters. The summed E-state index contributed by atoms with van der Waals surface area (Å²) < 4.78 is 0.907. The Morgan fingerprint density at radius 1 is 1.00 bits per heavy atom. The third-order valence-electron chi connectivity index (χ3n) is 3.97. The van der Waals surface area contributed by atoms with Gasteiger partial charge in [-0.05, 0) is 26.0 Å². The topological polar surface area (TPSA) is 49.5 Å². The highest BCUT2D eigenvalue weighted by Gasteiger charge is 2.52. The first-order valence-corrected chi connectivity index (χ1v) is 6.96. The average Bonchev–Trinajstić information content (AvgIpc) is 2.67. The maximum absolute atomic E-state index is 12.8. The van der Waals surface area contributed by atoms with Crippen LogP contribution in [0.15, 0.2) is 60.7 Å². The van der Waals surface area contributed by atoms with Crippen LogP contribution in [0.2, 0.25) is 0 Å². The summed E-state index contributed by atoms with van der Waals surface area (Å²) in [6.45, 7) is 3.70. The van der Waals surface area contributed by atoms with Crippen LogP contribution in [-0.4, -0.2) is 26.3 Å². The molecule has 1 N–H and O–H groups in total. The number of rotatable bonds is 2. The van der Waals surface area contributed by atoms with Crippen LogP contribution < -0.4 is 0 Å². The highest BCUT2D eigenvalue weighted by atomic mass is 16.5. The van der Waals surface area contributed by atoms with E-state index < -0.39 is 11.7 Å². The van der Waals surface area contributed by atoms with E-state index in [9.17, 15) is 10.4 Å². The Morgan fingerprint density at radius 3 is 2.10 bits per heavy atom. The summed E-state index contributed by atoms with van der Waals surface area (Å²) in [7, 11) is 0. The van der Waals surface area contributed by atoms with Crippen molar-refractivity contribution >= 4 is 5.71 Å². The molecular formula is C17H18N2O2. The second kappa shape index (κ2) is 4.98. The van der Waals surface area contributed by atoms with Gasteiger partial charge in [0, 0.05) is 11.1 Å². The summed E-state index contributed by atoms with van der Waals surface area (Å²) in [5, 5.41) is 24.5. The van der Waals surface area contributed by atoms with E-state index in [2.05, 4.69) is 0 Å². The van der Waals surface area contributed by atoms with Gasteiger partial charge in [0.05, 0.1) is 0 Å². The molecule has 0 saturated carbocycles. The lowest BCUT2D eigenvalue weighted by molar-refractivity contribution is -0.544. The molecule has 108 valence electrons. The first kappa shape index (κ1) is 13.8. The molecule has 4 heteroatoms. The fraction of sp³-hybridized carbons (Fsp3) is 0.235. The van der Waals surface area contributed by atoms with Crippen molar-refractivity contribution in [2.75, 3.05) is 0 Å². The Kier molecular flexibility index (Phi) is 3.27. The van der Waals surface area contributed by atoms with Crippen molar-refractivity contribution in [3.8, 4) is 0 Å². The van der Waals surface area contributed by atoms with Gasteiger partial charge < -0.3 is 10.4 Å². The maximum Gasteiger partial charge on any atom is 0.268 e. The molecule has 1 atom stereocenters. The largest absolute Gasteiger partial charge is 0.622 e. The van der Waals surface area contributed by atoms with E-state index in [1.807, 2.05) is 74.5 Å². The monoisotopic (exact) mass is 282 g/mol. The first-order valence-electron chi connectivity index (χ1n) is 6.96. The van der Waals surface area contributed by atoms with Gasteiger partial charge in [-0.15, -0.1) is 5.06 Å². The molecule has 0 bridgehead atoms. The molecule has 1 aliphatic heterocycles. The normalized spacial score (nSPS) is 21.8. The molecule has 2 aromatic rings. The van der Waals surface area contributed by atoms with Crippen LogP contribution in [0.25, 0.3) is 0 Å². The summed E-state index contributed by atoms with van der Waals surface area (Å²) in [5.74, 6) is 0. The van der Waals surface area contributed by atoms with Crippen LogP contribution in [-0.2, 0) is 0 Å². The van der Waals surface area contributed by atoms with Crippen molar-refractivity contribution in [1.29, 1.82) is 0 Å². The fourth-order valence-electron chi connectivity index (χ4n) is 2.88. The third kappa shape index (κ3) is 2.13. The van der Waals surface area contributed by atoms with E-state index in [1.165, 1.54) is 0 Å². The summed E-state index contributed by atoms with van der Waals surface area (Å²) in [4.78, 5) is 0. The molecular weight excluding hydrogens is 264 g/mol. The summed E-state index contributed by atoms with van der Waals surface area (Å²) >= 11 is 0. The summed E-state index contributed by atoms with van der Waals surface area (Å²) in [5.41, 5.74) is 1.41. The van der Waals surface area contributed by atoms with Gasteiger partial charge in [0.15, 0.2) is 0 Å². The summed E-state index contributed by atoms with van der Waals surface area (Å²) in [6.07, 6.45) is -0.726. The van der Waals surface area contributed by atoms with E-state index in [1.54, 1.807) is 0 Å². The van der Waals surface area contributed by atoms with Crippen molar-refractivity contribution < 1.29 is 9.95 Å². The predicted octanol–water partition coefficient (Wildman–Crippen LogP) is 3.17. The second-order valence-corrected chi connectivity index (χ2v) is 5.73. The number of nitrogens with zero attached hydrogens (tertiary/aromatic N) is 2. The third-order valence-corrected chi connectivity index (χ3v) is 3.97. The minimum absolute atomic E-state index is 0.569. The van der Waals surface area contributed by atoms with Crippen LogP contribution in [0, 0.1) is 5.21 Å². The van der Waals surface area contributed by atoms with Gasteiger partial charge >= 0.3 is 0 Å². The lowest BCUT2D eigenvalue weighted by Gasteiger charge is -2.25. The van der Waals surface area contributed by atoms with Gasteiger partial charge in [-0.2, -0.15) is 4.74 Å². The molecule has 1 aliphatic rings. The van der Waals surface area contributed by atoms with Gasteiger partial charge in [-0.3, -0.25) is 0 Å². The highest BCUT2D eigenvalue weighted by Crippen LogP contribution is 2.36. The molecule has 0 radical (unpaired) electrons. The lowest BCUT2D eigenvalue weighted by Crippen LogP contribution is -2.44. The number of benzene rings is 2. The molecule has 0 amide bonds. The molecule has 21 heavy (non-hydrogen) atoms. The molecule has 3 rings (SSSR count). The van der Waals surface area contributed by atoms with Crippen LogP contribution >= 0.6 is 0 Å². The Labute approximate surface area is 124 Å². The van der Waals surface area contributed by atoms with Gasteiger partial charge in [0.25, 0.3) is 6.17 Å². The van der Waals surface area contributed by atoms with Gasteiger partial charge in [0.2, 0.25) is 5.71 Å². The van der Waals surface area contributed by atoms with Gasteiger partial charge in [-0.1, -0.05) is 48.5 Å². The first-order chi connectivity index (χ1) is 10.0. The molecule has 0 fully saturated rings. The minimum Gasteiger partial charge on any atom is -0.622 e. The molecule has 2 aromatic carbocycles. The van der Waals surface area contributed by atoms with Crippen molar-refractivity contribution in [1.82, 2.24) is 5.06 Å². The molecule has 1 heterocycles. The van der Waals surface area contributed by atoms with E-state index in [0.717, 1.165) is 20.9 Å². The van der Waals surface area contributed by atoms with Gasteiger partial charge in [0.1, 0.15) is 5.54 Å². The predicted molar refractivity (Wildman–Crippen MR) is 81.1 cm³/mol. The maximum atomic E-state index is 12.8. The quantitative estimate of drug-likeness (QED) is 0.680. The second-order valence-electron chi connectivity index (χ2n) is 5.73. The zero-order valence-corrected chi connectivity index (χ0v) is 12.1. The van der Waals surface area contributed by atoms with E-state index in [-0.39, 0.29) is 0 Å². The highest BCUT2D eigenvalue weighted by molar-refractivity contribution is 6.04. The van der Waals surface area contributed by atoms with Gasteiger partial charge in [-0.25, -0.2) is 0 Å². The van der Waals surface area contributed by atoms with Crippen molar-refractivity contribution in [3.63, 3.8) is 0 Å². The Balaban J connectivity index is 2.15. The Morgan fingerprint density at radius 2 is 1.52 bits per heavy atom. The van der Waals surface area contributed by atoms with Crippen LogP contribution in [0.3, 0.4) is 0 Å². The molecule has 0 aromatic heterocycles. The van der Waals surface area contributed by atoms with Crippen molar-refractivity contribution in [3.05, 3.63) is 77.0 Å². The van der Waals surface area contributed by atoms with Crippen LogP contribution in [0.5, 0.6) is 0 Å². The molecule has 4 nitrogen and oxygen atoms in total. The minimum atomic E-state index is -0.760. The Bertz CT molecular complexity index is 666. The average molecular weight is 282 g/mol. The Hall–Kier alpha value is -2.17.